The van der Waals surface area contributed by atoms with Gasteiger partial charge in [0.15, 0.2) is 0 Å². The van der Waals surface area contributed by atoms with Crippen LogP contribution in [0.5, 0.6) is 0 Å². The summed E-state index contributed by atoms with van der Waals surface area (Å²) in [6, 6.07) is 58.0. The highest BCUT2D eigenvalue weighted by Crippen LogP contribution is 2.63. The van der Waals surface area contributed by atoms with Crippen molar-refractivity contribution in [1.82, 2.24) is 0 Å². The van der Waals surface area contributed by atoms with Gasteiger partial charge in [-0.1, -0.05) is 182 Å². The highest BCUT2D eigenvalue weighted by molar-refractivity contribution is 5.92. The summed E-state index contributed by atoms with van der Waals surface area (Å²) in [6.45, 7) is 0. The van der Waals surface area contributed by atoms with Crippen molar-refractivity contribution in [2.45, 2.75) is 48.1 Å². The lowest BCUT2D eigenvalue weighted by Gasteiger charge is -2.38. The summed E-state index contributed by atoms with van der Waals surface area (Å²) < 4.78 is 0. The molecule has 6 aliphatic carbocycles. The lowest BCUT2D eigenvalue weighted by atomic mass is 9.67. The van der Waals surface area contributed by atoms with E-state index in [-0.39, 0.29) is 11.0 Å². The maximum absolute atomic E-state index is 5.01. The van der Waals surface area contributed by atoms with E-state index in [9.17, 15) is 0 Å². The number of rotatable bonds is 8. The summed E-state index contributed by atoms with van der Waals surface area (Å²) in [6.07, 6.45) is 25.8. The summed E-state index contributed by atoms with van der Waals surface area (Å²) in [4.78, 5) is 7.75. The maximum Gasteiger partial charge on any atom is 0.0714 e. The minimum atomic E-state index is -0.523. The van der Waals surface area contributed by atoms with Gasteiger partial charge in [-0.15, -0.1) is 0 Å². The molecule has 0 aromatic heterocycles. The zero-order valence-corrected chi connectivity index (χ0v) is 33.7. The van der Waals surface area contributed by atoms with Crippen LogP contribution in [0.4, 0.5) is 11.4 Å². The van der Waals surface area contributed by atoms with Gasteiger partial charge < -0.3 is 4.90 Å². The first-order valence-electron chi connectivity index (χ1n) is 22.0. The zero-order valence-electron chi connectivity index (χ0n) is 33.7. The molecule has 0 bridgehead atoms. The van der Waals surface area contributed by atoms with Crippen LogP contribution in [0.2, 0.25) is 0 Å². The van der Waals surface area contributed by atoms with Crippen LogP contribution in [0.15, 0.2) is 205 Å². The molecule has 1 aliphatic heterocycles. The summed E-state index contributed by atoms with van der Waals surface area (Å²) in [5, 5.41) is 0. The second-order valence-corrected chi connectivity index (χ2v) is 18.2. The largest absolute Gasteiger partial charge is 0.331 e. The van der Waals surface area contributed by atoms with Gasteiger partial charge in [0, 0.05) is 40.9 Å². The Labute approximate surface area is 353 Å². The van der Waals surface area contributed by atoms with E-state index in [2.05, 4.69) is 211 Å². The first kappa shape index (κ1) is 34.4. The number of allylic oxidation sites excluding steroid dienone is 7. The van der Waals surface area contributed by atoms with E-state index >= 15 is 0 Å². The number of hydrogen-bond acceptors (Lipinski definition) is 2. The quantitative estimate of drug-likeness (QED) is 0.141. The number of anilines is 2. The van der Waals surface area contributed by atoms with Crippen molar-refractivity contribution >= 4 is 28.7 Å². The average Bonchev–Trinajstić information content (AvgIpc) is 4.23. The third-order valence-corrected chi connectivity index (χ3v) is 15.1. The Kier molecular flexibility index (Phi) is 7.30. The van der Waals surface area contributed by atoms with Crippen LogP contribution in [-0.2, 0) is 10.8 Å². The van der Waals surface area contributed by atoms with Crippen molar-refractivity contribution in [2.24, 2.45) is 22.7 Å². The van der Waals surface area contributed by atoms with Crippen LogP contribution in [0.1, 0.15) is 64.6 Å². The van der Waals surface area contributed by atoms with Crippen molar-refractivity contribution in [2.75, 3.05) is 4.90 Å². The smallest absolute Gasteiger partial charge is 0.0714 e. The average molecular weight is 771 g/mol. The van der Waals surface area contributed by atoms with Crippen molar-refractivity contribution in [3.8, 4) is 11.1 Å². The van der Waals surface area contributed by atoms with Gasteiger partial charge in [0.1, 0.15) is 0 Å². The SMILES string of the molecule is C1=CC2CC2C(c2ccccc2N(c2ccc3c(c2)C(c2ccccc2)(c2ccccc2)c2cc(C45C=CCC=NC4C5)ccc2-3)C23C=CC(c4ccccc4)=CC2C3)=C1. The predicted octanol–water partition coefficient (Wildman–Crippen LogP) is 13.2. The van der Waals surface area contributed by atoms with Gasteiger partial charge in [-0.3, -0.25) is 4.99 Å². The second kappa shape index (κ2) is 12.7. The van der Waals surface area contributed by atoms with E-state index in [4.69, 9.17) is 4.99 Å². The molecular weight excluding hydrogens is 725 g/mol. The van der Waals surface area contributed by atoms with E-state index in [1.807, 2.05) is 0 Å². The molecule has 2 heteroatoms. The topological polar surface area (TPSA) is 15.6 Å². The van der Waals surface area contributed by atoms with Crippen molar-refractivity contribution in [1.29, 1.82) is 0 Å². The number of nitrogens with zero attached hydrogens (tertiary/aromatic N) is 2. The fraction of sp³-hybridized carbons (Fsp3) is 0.190. The molecular formula is C58H46N2. The molecule has 0 radical (unpaired) electrons. The summed E-state index contributed by atoms with van der Waals surface area (Å²) in [5.74, 6) is 1.65. The first-order valence-corrected chi connectivity index (χ1v) is 22.0. The Morgan fingerprint density at radius 1 is 0.633 bits per heavy atom. The molecule has 6 atom stereocenters. The van der Waals surface area contributed by atoms with E-state index in [1.54, 1.807) is 0 Å². The molecule has 0 N–H and O–H groups in total. The molecule has 0 saturated heterocycles. The van der Waals surface area contributed by atoms with Crippen molar-refractivity contribution < 1.29 is 0 Å². The molecule has 60 heavy (non-hydrogen) atoms. The van der Waals surface area contributed by atoms with Gasteiger partial charge in [0.2, 0.25) is 0 Å². The molecule has 13 rings (SSSR count). The first-order chi connectivity index (χ1) is 29.7. The Morgan fingerprint density at radius 2 is 1.35 bits per heavy atom. The monoisotopic (exact) mass is 770 g/mol. The number of benzene rings is 6. The highest BCUT2D eigenvalue weighted by Gasteiger charge is 2.59. The van der Waals surface area contributed by atoms with Gasteiger partial charge in [-0.05, 0) is 105 Å². The fourth-order valence-corrected chi connectivity index (χ4v) is 11.8. The molecule has 1 heterocycles. The number of fused-ring (bicyclic) bond motifs is 6. The van der Waals surface area contributed by atoms with Gasteiger partial charge >= 0.3 is 0 Å². The molecule has 6 aromatic carbocycles. The Bertz CT molecular complexity index is 2870. The van der Waals surface area contributed by atoms with Gasteiger partial charge in [0.05, 0.1) is 17.0 Å². The molecule has 0 spiro atoms. The minimum Gasteiger partial charge on any atom is -0.331 e. The van der Waals surface area contributed by atoms with Crippen molar-refractivity contribution in [3.63, 3.8) is 0 Å². The van der Waals surface area contributed by atoms with Crippen LogP contribution in [-0.4, -0.2) is 17.8 Å². The Balaban J connectivity index is 1.04. The summed E-state index contributed by atoms with van der Waals surface area (Å²) >= 11 is 0. The van der Waals surface area contributed by atoms with Crippen LogP contribution >= 0.6 is 0 Å². The Morgan fingerprint density at radius 3 is 2.13 bits per heavy atom. The molecule has 6 aromatic rings. The van der Waals surface area contributed by atoms with Crippen LogP contribution in [0.3, 0.4) is 0 Å². The molecule has 288 valence electrons. The van der Waals surface area contributed by atoms with Crippen molar-refractivity contribution in [3.05, 3.63) is 239 Å². The third kappa shape index (κ3) is 4.91. The maximum atomic E-state index is 5.01. The number of hydrogen-bond donors (Lipinski definition) is 0. The molecule has 0 amide bonds. The lowest BCUT2D eigenvalue weighted by molar-refractivity contribution is 0.742. The van der Waals surface area contributed by atoms with Gasteiger partial charge in [-0.2, -0.15) is 0 Å². The molecule has 3 saturated carbocycles. The molecule has 2 nitrogen and oxygen atoms in total. The summed E-state index contributed by atoms with van der Waals surface area (Å²) in [5.41, 5.74) is 16.6. The second-order valence-electron chi connectivity index (χ2n) is 18.2. The number of aliphatic imine (C=N–C) groups is 1. The molecule has 6 unspecified atom stereocenters. The van der Waals surface area contributed by atoms with Crippen LogP contribution in [0, 0.1) is 17.8 Å². The molecule has 7 aliphatic rings. The normalized spacial score (nSPS) is 27.6. The number of para-hydroxylation sites is 1. The van der Waals surface area contributed by atoms with E-state index in [0.29, 0.717) is 23.8 Å². The van der Waals surface area contributed by atoms with Gasteiger partial charge in [-0.25, -0.2) is 0 Å². The standard InChI is InChI=1S/C58H46N2/c1-4-15-39(16-5-1)40-29-31-57(37-45(57)33-40)60(54-24-11-10-22-50(54)47-23-14-17-41-34-51(41)47)46-26-28-49-48-27-25-44(56-30-12-13-32-59-55(56)38-56)35-52(48)58(53(49)36-46,42-18-6-2-7-19-42)43-20-8-3-9-21-43/h1-12,14-33,35-36,41,45,51,55H,13,34,37-38H2. The minimum absolute atomic E-state index is 0.0370. The van der Waals surface area contributed by atoms with E-state index < -0.39 is 5.41 Å². The third-order valence-electron chi connectivity index (χ3n) is 15.1. The van der Waals surface area contributed by atoms with Crippen LogP contribution in [0.25, 0.3) is 22.3 Å². The molecule has 3 fully saturated rings. The lowest BCUT2D eigenvalue weighted by Crippen LogP contribution is -2.35. The van der Waals surface area contributed by atoms with E-state index in [1.165, 1.54) is 79.0 Å². The Hall–Kier alpha value is -6.51. The highest BCUT2D eigenvalue weighted by atomic mass is 15.3. The fourth-order valence-electron chi connectivity index (χ4n) is 11.8. The summed E-state index contributed by atoms with van der Waals surface area (Å²) in [7, 11) is 0. The predicted molar refractivity (Wildman–Crippen MR) is 248 cm³/mol. The van der Waals surface area contributed by atoms with E-state index in [0.717, 1.165) is 19.3 Å². The zero-order chi connectivity index (χ0) is 39.5. The van der Waals surface area contributed by atoms with Gasteiger partial charge in [0.25, 0.3) is 0 Å². The van der Waals surface area contributed by atoms with Crippen LogP contribution < -0.4 is 4.90 Å².